The van der Waals surface area contributed by atoms with E-state index in [2.05, 4.69) is 4.99 Å². The summed E-state index contributed by atoms with van der Waals surface area (Å²) in [5.41, 5.74) is 2.94. The fourth-order valence-electron chi connectivity index (χ4n) is 1.81. The second kappa shape index (κ2) is 3.93. The second-order valence-electron chi connectivity index (χ2n) is 3.48. The van der Waals surface area contributed by atoms with Gasteiger partial charge in [-0.15, -0.1) is 0 Å². The van der Waals surface area contributed by atoms with Crippen molar-refractivity contribution in [2.24, 2.45) is 4.99 Å². The molecule has 0 atom stereocenters. The molecule has 1 aliphatic heterocycles. The average molecular weight is 208 g/mol. The molecule has 0 aliphatic carbocycles. The number of hydrogen-bond acceptors (Lipinski definition) is 3. The minimum atomic E-state index is -2.48. The lowest BCUT2D eigenvalue weighted by Crippen LogP contribution is -2.10. The summed E-state index contributed by atoms with van der Waals surface area (Å²) in [7, 11) is -0.987. The van der Waals surface area contributed by atoms with Gasteiger partial charge in [-0.1, -0.05) is 0 Å². The van der Waals surface area contributed by atoms with Crippen molar-refractivity contribution in [1.29, 1.82) is 0 Å². The molecule has 1 heterocycles. The van der Waals surface area contributed by atoms with Crippen LogP contribution < -0.4 is 9.47 Å². The van der Waals surface area contributed by atoms with Crippen LogP contribution in [0.15, 0.2) is 17.1 Å². The first-order valence-electron chi connectivity index (χ1n) is 6.32. The lowest BCUT2D eigenvalue weighted by molar-refractivity contribution is 0.354. The Hall–Kier alpha value is -1.51. The van der Waals surface area contributed by atoms with E-state index in [0.29, 0.717) is 5.75 Å². The van der Waals surface area contributed by atoms with Crippen LogP contribution >= 0.6 is 0 Å². The van der Waals surface area contributed by atoms with Gasteiger partial charge in [-0.2, -0.15) is 0 Å². The fourth-order valence-corrected chi connectivity index (χ4v) is 1.81. The number of methoxy groups -OCH3 is 2. The molecule has 1 aliphatic rings. The van der Waals surface area contributed by atoms with Crippen molar-refractivity contribution in [3.63, 3.8) is 0 Å². The van der Waals surface area contributed by atoms with Crippen molar-refractivity contribution in [3.8, 4) is 11.5 Å². The van der Waals surface area contributed by atoms with E-state index < -0.39 is 7.04 Å². The summed E-state index contributed by atoms with van der Waals surface area (Å²) in [5, 5.41) is 0. The molecule has 0 saturated carbocycles. The summed E-state index contributed by atoms with van der Waals surface area (Å²) >= 11 is 0. The zero-order valence-electron chi connectivity index (χ0n) is 11.8. The summed E-state index contributed by atoms with van der Waals surface area (Å²) in [6.45, 7) is 2.66. The third-order valence-electron chi connectivity index (χ3n) is 2.62. The van der Waals surface area contributed by atoms with Gasteiger partial charge in [0, 0.05) is 17.8 Å². The predicted octanol–water partition coefficient (Wildman–Crippen LogP) is 2.07. The molecular weight excluding hydrogens is 190 g/mol. The molecule has 3 nitrogen and oxygen atoms in total. The Balaban J connectivity index is 2.47. The minimum absolute atomic E-state index is 0.229. The fraction of sp³-hybridized carbons (Fsp3) is 0.417. The Labute approximate surface area is 94.0 Å². The predicted molar refractivity (Wildman–Crippen MR) is 60.3 cm³/mol. The van der Waals surface area contributed by atoms with Crippen molar-refractivity contribution in [3.05, 3.63) is 23.3 Å². The molecule has 0 saturated heterocycles. The first-order chi connectivity index (χ1) is 8.40. The van der Waals surface area contributed by atoms with E-state index in [1.165, 1.54) is 7.11 Å². The largest absolute Gasteiger partial charge is 0.493 e. The maximum atomic E-state index is 7.16. The zero-order chi connectivity index (χ0) is 13.3. The Morgan fingerprint density at radius 3 is 2.87 bits per heavy atom. The van der Waals surface area contributed by atoms with Crippen LogP contribution in [0.3, 0.4) is 0 Å². The van der Waals surface area contributed by atoms with E-state index in [1.54, 1.807) is 6.07 Å². The third-order valence-corrected chi connectivity index (χ3v) is 2.62. The highest BCUT2D eigenvalue weighted by atomic mass is 16.5. The van der Waals surface area contributed by atoms with E-state index in [1.807, 2.05) is 13.0 Å². The molecule has 15 heavy (non-hydrogen) atoms. The van der Waals surface area contributed by atoms with E-state index in [9.17, 15) is 0 Å². The molecular formula is C12H15NO2. The van der Waals surface area contributed by atoms with Crippen molar-refractivity contribution in [1.82, 2.24) is 0 Å². The number of benzene rings is 1. The zero-order valence-corrected chi connectivity index (χ0v) is 8.83. The van der Waals surface area contributed by atoms with Crippen molar-refractivity contribution in [2.45, 2.75) is 13.3 Å². The molecule has 80 valence electrons. The summed E-state index contributed by atoms with van der Waals surface area (Å²) < 4.78 is 31.6. The summed E-state index contributed by atoms with van der Waals surface area (Å²) in [6, 6.07) is 3.52. The molecule has 1 aromatic carbocycles. The van der Waals surface area contributed by atoms with Gasteiger partial charge in [-0.25, -0.2) is 0 Å². The van der Waals surface area contributed by atoms with Crippen LogP contribution in [0.5, 0.6) is 11.5 Å². The minimum Gasteiger partial charge on any atom is -0.493 e. The van der Waals surface area contributed by atoms with E-state index in [0.717, 1.165) is 29.8 Å². The topological polar surface area (TPSA) is 30.8 Å². The van der Waals surface area contributed by atoms with Gasteiger partial charge in [0.05, 0.1) is 18.3 Å². The molecule has 0 N–H and O–H groups in total. The van der Waals surface area contributed by atoms with Crippen molar-refractivity contribution in [2.75, 3.05) is 20.7 Å². The van der Waals surface area contributed by atoms with Crippen molar-refractivity contribution < 1.29 is 13.6 Å². The maximum Gasteiger partial charge on any atom is 0.161 e. The molecule has 0 radical (unpaired) electrons. The van der Waals surface area contributed by atoms with Crippen LogP contribution in [0.2, 0.25) is 0 Å². The highest BCUT2D eigenvalue weighted by molar-refractivity contribution is 6.01. The first-order valence-corrected chi connectivity index (χ1v) is 4.82. The average Bonchev–Trinajstić information content (AvgIpc) is 2.27. The van der Waals surface area contributed by atoms with Crippen LogP contribution in [0.1, 0.15) is 22.2 Å². The highest BCUT2D eigenvalue weighted by Gasteiger charge is 2.15. The van der Waals surface area contributed by atoms with Crippen LogP contribution in [0.25, 0.3) is 0 Å². The number of aliphatic imine (C=N–C) groups is 1. The molecule has 2 rings (SSSR count). The van der Waals surface area contributed by atoms with E-state index in [4.69, 9.17) is 13.6 Å². The van der Waals surface area contributed by atoms with Crippen LogP contribution in [0.4, 0.5) is 0 Å². The molecule has 1 aromatic rings. The Morgan fingerprint density at radius 2 is 2.13 bits per heavy atom. The quantitative estimate of drug-likeness (QED) is 0.745. The summed E-state index contributed by atoms with van der Waals surface area (Å²) in [6.07, 6.45) is 0.830. The van der Waals surface area contributed by atoms with Gasteiger partial charge in [0.15, 0.2) is 11.5 Å². The van der Waals surface area contributed by atoms with Gasteiger partial charge >= 0.3 is 0 Å². The number of hydrogen-bond donors (Lipinski definition) is 0. The van der Waals surface area contributed by atoms with Crippen molar-refractivity contribution >= 4 is 5.71 Å². The molecule has 0 aromatic heterocycles. The molecule has 0 bridgehead atoms. The lowest BCUT2D eigenvalue weighted by Gasteiger charge is -2.17. The number of rotatable bonds is 2. The second-order valence-corrected chi connectivity index (χ2v) is 3.48. The van der Waals surface area contributed by atoms with E-state index >= 15 is 0 Å². The standard InChI is InChI=1S/C12H15NO2/c1-8-10-7-12(15-3)11(14-2)6-9(10)4-5-13-8/h6-7H,4-5H2,1-3H3/i3D3. The normalized spacial score (nSPS) is 18.0. The molecule has 0 spiro atoms. The lowest BCUT2D eigenvalue weighted by atomic mass is 9.97. The number of nitrogens with zero attached hydrogens (tertiary/aromatic N) is 1. The third kappa shape index (κ3) is 1.69. The number of ether oxygens (including phenoxy) is 2. The van der Waals surface area contributed by atoms with Gasteiger partial charge in [0.2, 0.25) is 0 Å². The summed E-state index contributed by atoms with van der Waals surface area (Å²) in [4.78, 5) is 4.34. The molecule has 3 heteroatoms. The SMILES string of the molecule is [2H]C([2H])([2H])Oc1cc2c(cc1OC)CCN=C2C. The summed E-state index contributed by atoms with van der Waals surface area (Å²) in [5.74, 6) is 0.673. The Morgan fingerprint density at radius 1 is 1.33 bits per heavy atom. The Bertz CT molecular complexity index is 495. The molecule has 0 fully saturated rings. The Kier molecular flexibility index (Phi) is 1.80. The molecule has 0 unspecified atom stereocenters. The van der Waals surface area contributed by atoms with Gasteiger partial charge in [-0.05, 0) is 31.0 Å². The highest BCUT2D eigenvalue weighted by Crippen LogP contribution is 2.32. The van der Waals surface area contributed by atoms with Crippen LogP contribution in [-0.2, 0) is 6.42 Å². The first kappa shape index (κ1) is 6.88. The monoisotopic (exact) mass is 208 g/mol. The van der Waals surface area contributed by atoms with Gasteiger partial charge in [-0.3, -0.25) is 4.99 Å². The number of fused-ring (bicyclic) bond motifs is 1. The molecule has 0 amide bonds. The maximum absolute atomic E-state index is 7.16. The van der Waals surface area contributed by atoms with Gasteiger partial charge in [0.25, 0.3) is 0 Å². The smallest absolute Gasteiger partial charge is 0.161 e. The van der Waals surface area contributed by atoms with Gasteiger partial charge < -0.3 is 9.47 Å². The van der Waals surface area contributed by atoms with E-state index in [-0.39, 0.29) is 5.75 Å². The van der Waals surface area contributed by atoms with Crippen LogP contribution in [0, 0.1) is 0 Å². The van der Waals surface area contributed by atoms with Gasteiger partial charge in [0.1, 0.15) is 0 Å². The van der Waals surface area contributed by atoms with Crippen LogP contribution in [-0.4, -0.2) is 26.4 Å².